The van der Waals surface area contributed by atoms with E-state index in [0.717, 1.165) is 39.1 Å². The van der Waals surface area contributed by atoms with E-state index in [1.165, 1.54) is 0 Å². The molecule has 0 amide bonds. The molecular formula is C21H17NO2. The Hall–Kier alpha value is -3.07. The van der Waals surface area contributed by atoms with E-state index in [1.54, 1.807) is 7.11 Å². The first kappa shape index (κ1) is 14.5. The number of hydrogen-bond acceptors (Lipinski definition) is 3. The number of hydrogen-bond donors (Lipinski definition) is 0. The summed E-state index contributed by atoms with van der Waals surface area (Å²) in [6.07, 6.45) is 0. The van der Waals surface area contributed by atoms with Crippen LogP contribution in [-0.2, 0) is 0 Å². The number of rotatable bonds is 3. The lowest BCUT2D eigenvalue weighted by Crippen LogP contribution is -1.86. The van der Waals surface area contributed by atoms with Crippen molar-refractivity contribution < 1.29 is 9.15 Å². The minimum atomic E-state index is 0.671. The third-order valence-corrected chi connectivity index (χ3v) is 4.11. The zero-order chi connectivity index (χ0) is 16.5. The standard InChI is InChI=1S/C21H17NO2/c1-14-22-21-19(16-8-10-18(23-2)11-9-16)12-17(13-20(21)24-14)15-6-4-3-5-7-15/h3-13H,1-2H3. The Labute approximate surface area is 140 Å². The van der Waals surface area contributed by atoms with E-state index in [9.17, 15) is 0 Å². The minimum absolute atomic E-state index is 0.671. The molecular weight excluding hydrogens is 298 g/mol. The van der Waals surface area contributed by atoms with Crippen molar-refractivity contribution >= 4 is 11.1 Å². The molecule has 0 unspecified atom stereocenters. The molecule has 0 atom stereocenters. The van der Waals surface area contributed by atoms with E-state index in [4.69, 9.17) is 9.15 Å². The molecule has 0 bridgehead atoms. The van der Waals surface area contributed by atoms with Gasteiger partial charge in [-0.2, -0.15) is 0 Å². The molecule has 1 heterocycles. The Kier molecular flexibility index (Phi) is 3.54. The molecule has 24 heavy (non-hydrogen) atoms. The van der Waals surface area contributed by atoms with Gasteiger partial charge in [0.25, 0.3) is 0 Å². The van der Waals surface area contributed by atoms with Crippen molar-refractivity contribution in [2.75, 3.05) is 7.11 Å². The number of nitrogens with zero attached hydrogens (tertiary/aromatic N) is 1. The largest absolute Gasteiger partial charge is 0.497 e. The Bertz CT molecular complexity index is 986. The second kappa shape index (κ2) is 5.85. The van der Waals surface area contributed by atoms with Gasteiger partial charge in [-0.3, -0.25) is 0 Å². The molecule has 3 nitrogen and oxygen atoms in total. The van der Waals surface area contributed by atoms with Crippen LogP contribution in [0.1, 0.15) is 5.89 Å². The SMILES string of the molecule is COc1ccc(-c2cc(-c3ccccc3)cc3oc(C)nc23)cc1. The molecule has 0 fully saturated rings. The highest BCUT2D eigenvalue weighted by Gasteiger charge is 2.13. The van der Waals surface area contributed by atoms with Gasteiger partial charge in [-0.05, 0) is 41.0 Å². The molecule has 3 aromatic carbocycles. The van der Waals surface area contributed by atoms with Crippen LogP contribution in [0.3, 0.4) is 0 Å². The molecule has 0 saturated carbocycles. The fourth-order valence-electron chi connectivity index (χ4n) is 2.93. The highest BCUT2D eigenvalue weighted by atomic mass is 16.5. The summed E-state index contributed by atoms with van der Waals surface area (Å²) in [4.78, 5) is 4.57. The first-order valence-corrected chi connectivity index (χ1v) is 7.85. The van der Waals surface area contributed by atoms with Crippen molar-refractivity contribution in [3.8, 4) is 28.0 Å². The Morgan fingerprint density at radius 1 is 0.833 bits per heavy atom. The first-order valence-electron chi connectivity index (χ1n) is 7.85. The van der Waals surface area contributed by atoms with Gasteiger partial charge in [-0.1, -0.05) is 42.5 Å². The van der Waals surface area contributed by atoms with Crippen molar-refractivity contribution in [1.29, 1.82) is 0 Å². The zero-order valence-electron chi connectivity index (χ0n) is 13.6. The Morgan fingerprint density at radius 3 is 2.29 bits per heavy atom. The van der Waals surface area contributed by atoms with Gasteiger partial charge in [-0.15, -0.1) is 0 Å². The number of oxazole rings is 1. The van der Waals surface area contributed by atoms with Crippen LogP contribution < -0.4 is 4.74 Å². The fraction of sp³-hybridized carbons (Fsp3) is 0.0952. The quantitative estimate of drug-likeness (QED) is 0.502. The lowest BCUT2D eigenvalue weighted by molar-refractivity contribution is 0.415. The lowest BCUT2D eigenvalue weighted by atomic mass is 9.97. The lowest BCUT2D eigenvalue weighted by Gasteiger charge is -2.08. The number of ether oxygens (including phenoxy) is 1. The second-order valence-electron chi connectivity index (χ2n) is 5.70. The molecule has 4 aromatic rings. The molecule has 118 valence electrons. The minimum Gasteiger partial charge on any atom is -0.497 e. The van der Waals surface area contributed by atoms with Crippen LogP contribution in [-0.4, -0.2) is 12.1 Å². The van der Waals surface area contributed by atoms with E-state index in [2.05, 4.69) is 29.2 Å². The van der Waals surface area contributed by atoms with Crippen molar-refractivity contribution in [2.45, 2.75) is 6.92 Å². The highest BCUT2D eigenvalue weighted by Crippen LogP contribution is 2.34. The van der Waals surface area contributed by atoms with Gasteiger partial charge in [0.2, 0.25) is 0 Å². The van der Waals surface area contributed by atoms with Crippen LogP contribution in [0.15, 0.2) is 71.1 Å². The van der Waals surface area contributed by atoms with Gasteiger partial charge in [0.15, 0.2) is 11.5 Å². The summed E-state index contributed by atoms with van der Waals surface area (Å²) in [7, 11) is 1.67. The number of benzene rings is 3. The summed E-state index contributed by atoms with van der Waals surface area (Å²) < 4.78 is 11.1. The van der Waals surface area contributed by atoms with Crippen molar-refractivity contribution in [2.24, 2.45) is 0 Å². The van der Waals surface area contributed by atoms with Crippen LogP contribution in [0.25, 0.3) is 33.4 Å². The monoisotopic (exact) mass is 315 g/mol. The maximum absolute atomic E-state index is 5.80. The van der Waals surface area contributed by atoms with Crippen LogP contribution in [0, 0.1) is 6.92 Å². The maximum atomic E-state index is 5.80. The summed E-state index contributed by atoms with van der Waals surface area (Å²) in [6.45, 7) is 1.87. The first-order chi connectivity index (χ1) is 11.7. The summed E-state index contributed by atoms with van der Waals surface area (Å²) in [5.41, 5.74) is 6.11. The van der Waals surface area contributed by atoms with Gasteiger partial charge in [0.1, 0.15) is 11.3 Å². The molecule has 0 aliphatic carbocycles. The summed E-state index contributed by atoms with van der Waals surface area (Å²) >= 11 is 0. The predicted molar refractivity (Wildman–Crippen MR) is 96.2 cm³/mol. The molecule has 0 aliphatic heterocycles. The maximum Gasteiger partial charge on any atom is 0.192 e. The van der Waals surface area contributed by atoms with Gasteiger partial charge in [0.05, 0.1) is 7.11 Å². The number of aryl methyl sites for hydroxylation is 1. The summed E-state index contributed by atoms with van der Waals surface area (Å²) in [5, 5.41) is 0. The third kappa shape index (κ3) is 2.54. The molecule has 3 heteroatoms. The molecule has 0 N–H and O–H groups in total. The zero-order valence-corrected chi connectivity index (χ0v) is 13.6. The normalized spacial score (nSPS) is 10.9. The molecule has 0 spiro atoms. The second-order valence-corrected chi connectivity index (χ2v) is 5.70. The van der Waals surface area contributed by atoms with Crippen molar-refractivity contribution in [1.82, 2.24) is 4.98 Å². The van der Waals surface area contributed by atoms with Crippen LogP contribution >= 0.6 is 0 Å². The molecule has 0 aliphatic rings. The number of methoxy groups -OCH3 is 1. The van der Waals surface area contributed by atoms with Gasteiger partial charge < -0.3 is 9.15 Å². The van der Waals surface area contributed by atoms with Crippen LogP contribution in [0.4, 0.5) is 0 Å². The van der Waals surface area contributed by atoms with Crippen molar-refractivity contribution in [3.63, 3.8) is 0 Å². The van der Waals surface area contributed by atoms with Crippen LogP contribution in [0.5, 0.6) is 5.75 Å². The molecule has 1 aromatic heterocycles. The summed E-state index contributed by atoms with van der Waals surface area (Å²) in [5.74, 6) is 1.51. The van der Waals surface area contributed by atoms with Crippen molar-refractivity contribution in [3.05, 3.63) is 72.6 Å². The Morgan fingerprint density at radius 2 is 1.58 bits per heavy atom. The topological polar surface area (TPSA) is 35.3 Å². The number of fused-ring (bicyclic) bond motifs is 1. The average Bonchev–Trinajstić information content (AvgIpc) is 3.02. The fourth-order valence-corrected chi connectivity index (χ4v) is 2.93. The average molecular weight is 315 g/mol. The van der Waals surface area contributed by atoms with E-state index < -0.39 is 0 Å². The van der Waals surface area contributed by atoms with E-state index in [-0.39, 0.29) is 0 Å². The van der Waals surface area contributed by atoms with Crippen LogP contribution in [0.2, 0.25) is 0 Å². The third-order valence-electron chi connectivity index (χ3n) is 4.11. The summed E-state index contributed by atoms with van der Waals surface area (Å²) in [6, 6.07) is 22.5. The smallest absolute Gasteiger partial charge is 0.192 e. The van der Waals surface area contributed by atoms with E-state index >= 15 is 0 Å². The van der Waals surface area contributed by atoms with Gasteiger partial charge >= 0.3 is 0 Å². The van der Waals surface area contributed by atoms with E-state index in [1.807, 2.05) is 49.4 Å². The van der Waals surface area contributed by atoms with Gasteiger partial charge in [-0.25, -0.2) is 4.98 Å². The highest BCUT2D eigenvalue weighted by molar-refractivity contribution is 5.95. The number of aromatic nitrogens is 1. The Balaban J connectivity index is 1.95. The molecule has 4 rings (SSSR count). The molecule has 0 radical (unpaired) electrons. The predicted octanol–water partition coefficient (Wildman–Crippen LogP) is 5.48. The van der Waals surface area contributed by atoms with E-state index in [0.29, 0.717) is 5.89 Å². The molecule has 0 saturated heterocycles. The van der Waals surface area contributed by atoms with Gasteiger partial charge in [0, 0.05) is 12.5 Å².